The maximum atomic E-state index is 7.71. The van der Waals surface area contributed by atoms with Crippen LogP contribution in [-0.2, 0) is 30.7 Å². The molecule has 1 N–H and O–H groups in total. The third-order valence-electron chi connectivity index (χ3n) is 0. The van der Waals surface area contributed by atoms with Crippen molar-refractivity contribution in [3.05, 3.63) is 0 Å². The van der Waals surface area contributed by atoms with E-state index in [2.05, 4.69) is 22.4 Å². The van der Waals surface area contributed by atoms with Crippen LogP contribution in [0.5, 0.6) is 0 Å². The molecule has 0 atom stereocenters. The minimum Gasteiger partial charge on any atom is -0.481 e. The van der Waals surface area contributed by atoms with Crippen LogP contribution >= 0.6 is 0 Å². The van der Waals surface area contributed by atoms with Gasteiger partial charge in [-0.3, -0.25) is 0 Å². The van der Waals surface area contributed by atoms with Gasteiger partial charge in [0.05, 0.1) is 0 Å². The Labute approximate surface area is 64.1 Å². The number of rotatable bonds is 0. The van der Waals surface area contributed by atoms with E-state index in [9.17, 15) is 0 Å². The maximum absolute atomic E-state index is 7.71. The fraction of sp³-hybridized carbons (Fsp3) is 0. The molecule has 1 nitrogen and oxygen atoms in total. The van der Waals surface area contributed by atoms with Gasteiger partial charge in [0.15, 0.2) is 0 Å². The summed E-state index contributed by atoms with van der Waals surface area (Å²) >= 11 is 8.04. The molecule has 5 heavy (non-hydrogen) atoms. The molecule has 0 saturated carbocycles. The topological polar surface area (TPSA) is 20.2 Å². The Balaban J connectivity index is 0. The first-order valence-corrected chi connectivity index (χ1v) is 3.55. The zero-order chi connectivity index (χ0) is 3.58. The molecule has 0 aliphatic carbocycles. The average Bonchev–Trinajstić information content (AvgIpc) is 0.811. The van der Waals surface area contributed by atoms with Crippen LogP contribution in [0.15, 0.2) is 0 Å². The monoisotopic (exact) mass is 136 g/mol. The van der Waals surface area contributed by atoms with E-state index in [0.29, 0.717) is 0 Å². The van der Waals surface area contributed by atoms with E-state index in [1.807, 2.05) is 0 Å². The van der Waals surface area contributed by atoms with Crippen LogP contribution in [0, 0.1) is 0 Å². The van der Waals surface area contributed by atoms with E-state index < -0.39 is 8.29 Å². The van der Waals surface area contributed by atoms with Crippen molar-refractivity contribution >= 4 is 60.2 Å². The van der Waals surface area contributed by atoms with Gasteiger partial charge in [0.2, 0.25) is 0 Å². The summed E-state index contributed by atoms with van der Waals surface area (Å²) in [6.45, 7) is 0. The fourth-order valence-corrected chi connectivity index (χ4v) is 0. The van der Waals surface area contributed by atoms with Crippen LogP contribution in [0.2, 0.25) is 0 Å². The smallest absolute Gasteiger partial charge is 0 e. The summed E-state index contributed by atoms with van der Waals surface area (Å²) < 4.78 is 7.71. The largest absolute Gasteiger partial charge is 0.481 e. The average molecular weight is 136 g/mol. The predicted octanol–water partition coefficient (Wildman–Crippen LogP) is -0.379. The maximum Gasteiger partial charge on any atom is 0 e. The zero-order valence-electron chi connectivity index (χ0n) is 2.67. The van der Waals surface area contributed by atoms with Crippen LogP contribution in [0.3, 0.4) is 0 Å². The van der Waals surface area contributed by atoms with E-state index in [1.165, 1.54) is 0 Å². The second-order valence-corrected chi connectivity index (χ2v) is 3.18. The summed E-state index contributed by atoms with van der Waals surface area (Å²) in [6, 6.07) is 0. The standard InChI is InChI=1S/Na.HOS3/c;1-4(2)3/h;(H,1,2,3)/q;-1. The zero-order valence-corrected chi connectivity index (χ0v) is 7.12. The Bertz CT molecular complexity index is 55.3. The second kappa shape index (κ2) is 5.75. The van der Waals surface area contributed by atoms with Crippen molar-refractivity contribution in [1.29, 1.82) is 0 Å². The van der Waals surface area contributed by atoms with E-state index >= 15 is 0 Å². The summed E-state index contributed by atoms with van der Waals surface area (Å²) in [7, 11) is -1.19. The molecule has 0 rings (SSSR count). The van der Waals surface area contributed by atoms with Crippen LogP contribution in [0.4, 0.5) is 0 Å². The molecular formula is HNaOS3-. The molecule has 0 aromatic rings. The molecule has 5 heteroatoms. The first-order valence-electron chi connectivity index (χ1n) is 0.516. The molecule has 0 aromatic carbocycles. The van der Waals surface area contributed by atoms with E-state index in [1.54, 1.807) is 0 Å². The molecule has 27 valence electrons. The first kappa shape index (κ1) is 9.89. The molecule has 1 radical (unpaired) electrons. The fourth-order valence-electron chi connectivity index (χ4n) is 0. The normalized spacial score (nSPS) is 6.80. The summed E-state index contributed by atoms with van der Waals surface area (Å²) in [5.41, 5.74) is 0. The van der Waals surface area contributed by atoms with Gasteiger partial charge in [-0.05, 0) is 0 Å². The van der Waals surface area contributed by atoms with E-state index in [4.69, 9.17) is 4.55 Å². The Kier molecular flexibility index (Phi) is 11.4. The molecule has 0 saturated heterocycles. The molecule has 0 fully saturated rings. The summed E-state index contributed by atoms with van der Waals surface area (Å²) in [5, 5.41) is 0. The van der Waals surface area contributed by atoms with E-state index in [-0.39, 0.29) is 29.6 Å². The van der Waals surface area contributed by atoms with Gasteiger partial charge in [-0.2, -0.15) is 0 Å². The third kappa shape index (κ3) is 26.4. The molecular weight excluding hydrogens is 135 g/mol. The Hall–Kier alpha value is 1.75. The molecule has 0 bridgehead atoms. The van der Waals surface area contributed by atoms with Crippen LogP contribution in [0.1, 0.15) is 0 Å². The quantitative estimate of drug-likeness (QED) is 0.362. The van der Waals surface area contributed by atoms with Crippen molar-refractivity contribution in [3.8, 4) is 0 Å². The van der Waals surface area contributed by atoms with Gasteiger partial charge in [-0.25, -0.2) is 30.7 Å². The molecule has 0 aromatic heterocycles. The van der Waals surface area contributed by atoms with Gasteiger partial charge < -0.3 is 4.55 Å². The minimum atomic E-state index is -1.19. The van der Waals surface area contributed by atoms with Gasteiger partial charge in [0.1, 0.15) is 0 Å². The van der Waals surface area contributed by atoms with Crippen molar-refractivity contribution in [2.75, 3.05) is 0 Å². The Morgan fingerprint density at radius 1 is 1.40 bits per heavy atom. The minimum absolute atomic E-state index is 0. The summed E-state index contributed by atoms with van der Waals surface area (Å²) in [5.74, 6) is 0. The number of hydrogen-bond acceptors (Lipinski definition) is 3. The van der Waals surface area contributed by atoms with E-state index in [0.717, 1.165) is 0 Å². The van der Waals surface area contributed by atoms with Crippen molar-refractivity contribution in [1.82, 2.24) is 0 Å². The van der Waals surface area contributed by atoms with Crippen molar-refractivity contribution in [2.45, 2.75) is 0 Å². The van der Waals surface area contributed by atoms with Gasteiger partial charge >= 0.3 is 0 Å². The van der Waals surface area contributed by atoms with Crippen molar-refractivity contribution in [3.63, 3.8) is 0 Å². The molecule has 0 heterocycles. The number of hydrogen-bond donors (Lipinski definition) is 1. The second-order valence-electron chi connectivity index (χ2n) is 0.217. The molecule has 0 spiro atoms. The van der Waals surface area contributed by atoms with Gasteiger partial charge in [-0.1, -0.05) is 0 Å². The summed E-state index contributed by atoms with van der Waals surface area (Å²) in [4.78, 5) is 0. The molecule has 0 unspecified atom stereocenters. The van der Waals surface area contributed by atoms with Crippen LogP contribution in [0.25, 0.3) is 0 Å². The molecule has 0 aliphatic heterocycles. The van der Waals surface area contributed by atoms with Gasteiger partial charge in [0, 0.05) is 29.6 Å². The summed E-state index contributed by atoms with van der Waals surface area (Å²) in [6.07, 6.45) is 0. The van der Waals surface area contributed by atoms with Crippen molar-refractivity contribution in [2.24, 2.45) is 0 Å². The predicted molar refractivity (Wildman–Crippen MR) is 30.5 cm³/mol. The van der Waals surface area contributed by atoms with Crippen LogP contribution < -0.4 is 0 Å². The SMILES string of the molecule is O[S-](=S)=S.[Na]. The van der Waals surface area contributed by atoms with Crippen LogP contribution in [-0.4, -0.2) is 34.1 Å². The van der Waals surface area contributed by atoms with Gasteiger partial charge in [-0.15, -0.1) is 0 Å². The van der Waals surface area contributed by atoms with Crippen molar-refractivity contribution < 1.29 is 4.55 Å². The Morgan fingerprint density at radius 3 is 1.40 bits per heavy atom. The first-order chi connectivity index (χ1) is 1.73. The molecule has 0 aliphatic rings. The molecule has 0 amide bonds. The third-order valence-corrected chi connectivity index (χ3v) is 0. The Morgan fingerprint density at radius 2 is 1.40 bits per heavy atom. The van der Waals surface area contributed by atoms with Gasteiger partial charge in [0.25, 0.3) is 0 Å².